The fourth-order valence-corrected chi connectivity index (χ4v) is 1.18. The van der Waals surface area contributed by atoms with Crippen molar-refractivity contribution in [1.82, 2.24) is 0 Å². The molecule has 1 aromatic rings. The Morgan fingerprint density at radius 3 is 2.70 bits per heavy atom. The summed E-state index contributed by atoms with van der Waals surface area (Å²) in [7, 11) is 1.23. The summed E-state index contributed by atoms with van der Waals surface area (Å²) in [6.45, 7) is 0.433. The van der Waals surface area contributed by atoms with Gasteiger partial charge in [-0.2, -0.15) is 0 Å². The van der Waals surface area contributed by atoms with E-state index in [2.05, 4.69) is 23.4 Å². The zero-order valence-electron chi connectivity index (χ0n) is 5.54. The monoisotopic (exact) mass is 149 g/mol. The summed E-state index contributed by atoms with van der Waals surface area (Å²) in [6, 6.07) is 4.01. The standard InChI is InChI=1S/C8H8NP/c9-5-1-2-8-3-6-10-7-4-8/h3-4,6-7H,5,9H2. The van der Waals surface area contributed by atoms with Gasteiger partial charge in [0.05, 0.1) is 6.54 Å². The van der Waals surface area contributed by atoms with Gasteiger partial charge in [0.1, 0.15) is 0 Å². The van der Waals surface area contributed by atoms with E-state index in [0.717, 1.165) is 5.56 Å². The highest BCUT2D eigenvalue weighted by Crippen LogP contribution is 2.04. The van der Waals surface area contributed by atoms with Gasteiger partial charge in [0, 0.05) is 5.56 Å². The van der Waals surface area contributed by atoms with Gasteiger partial charge in [-0.05, 0) is 23.7 Å². The van der Waals surface area contributed by atoms with Crippen LogP contribution in [0.1, 0.15) is 5.56 Å². The molecular formula is C8H8NP. The zero-order chi connectivity index (χ0) is 7.23. The summed E-state index contributed by atoms with van der Waals surface area (Å²) in [5, 5.41) is 0. The molecule has 50 valence electrons. The highest BCUT2D eigenvalue weighted by atomic mass is 31.0. The Balaban J connectivity index is 2.76. The first kappa shape index (κ1) is 7.28. The van der Waals surface area contributed by atoms with E-state index in [0.29, 0.717) is 6.54 Å². The predicted molar refractivity (Wildman–Crippen MR) is 44.9 cm³/mol. The minimum absolute atomic E-state index is 0.433. The smallest absolute Gasteiger partial charge is 0.0555 e. The Kier molecular flexibility index (Phi) is 2.96. The van der Waals surface area contributed by atoms with Crippen LogP contribution in [0.25, 0.3) is 0 Å². The molecule has 0 saturated heterocycles. The predicted octanol–water partition coefficient (Wildman–Crippen LogP) is 1.58. The fraction of sp³-hybridized carbons (Fsp3) is 0.125. The van der Waals surface area contributed by atoms with Crippen LogP contribution in [-0.4, -0.2) is 6.54 Å². The van der Waals surface area contributed by atoms with Crippen molar-refractivity contribution in [2.24, 2.45) is 5.73 Å². The first-order valence-electron chi connectivity index (χ1n) is 3.02. The minimum atomic E-state index is 0.433. The third kappa shape index (κ3) is 2.19. The number of rotatable bonds is 0. The maximum absolute atomic E-state index is 5.21. The van der Waals surface area contributed by atoms with E-state index in [1.54, 1.807) is 0 Å². The second-order valence-electron chi connectivity index (χ2n) is 1.74. The Bertz CT molecular complexity index is 245. The molecule has 0 aliphatic heterocycles. The van der Waals surface area contributed by atoms with Gasteiger partial charge in [0.25, 0.3) is 0 Å². The third-order valence-electron chi connectivity index (χ3n) is 1.02. The van der Waals surface area contributed by atoms with Crippen molar-refractivity contribution in [2.45, 2.75) is 0 Å². The van der Waals surface area contributed by atoms with E-state index >= 15 is 0 Å². The second kappa shape index (κ2) is 4.06. The maximum Gasteiger partial charge on any atom is 0.0555 e. The molecule has 2 heteroatoms. The van der Waals surface area contributed by atoms with Gasteiger partial charge in [0.15, 0.2) is 0 Å². The summed E-state index contributed by atoms with van der Waals surface area (Å²) in [4.78, 5) is 0. The molecule has 0 spiro atoms. The molecular weight excluding hydrogens is 141 g/mol. The van der Waals surface area contributed by atoms with E-state index in [1.807, 2.05) is 12.1 Å². The van der Waals surface area contributed by atoms with Gasteiger partial charge in [0.2, 0.25) is 0 Å². The van der Waals surface area contributed by atoms with Crippen LogP contribution in [0.3, 0.4) is 0 Å². The average Bonchev–Trinajstić information content (AvgIpc) is 2.03. The largest absolute Gasteiger partial charge is 0.320 e. The highest BCUT2D eigenvalue weighted by Gasteiger charge is 1.78. The minimum Gasteiger partial charge on any atom is -0.320 e. The van der Waals surface area contributed by atoms with E-state index in [4.69, 9.17) is 5.73 Å². The Morgan fingerprint density at radius 2 is 2.10 bits per heavy atom. The molecule has 0 aliphatic carbocycles. The summed E-state index contributed by atoms with van der Waals surface area (Å²) < 4.78 is 0. The quantitative estimate of drug-likeness (QED) is 0.557. The molecule has 0 aromatic carbocycles. The summed E-state index contributed by atoms with van der Waals surface area (Å²) in [5.41, 5.74) is 6.25. The topological polar surface area (TPSA) is 26.0 Å². The molecule has 2 N–H and O–H groups in total. The molecule has 0 bridgehead atoms. The summed E-state index contributed by atoms with van der Waals surface area (Å²) >= 11 is 0. The molecule has 1 heterocycles. The third-order valence-corrected chi connectivity index (χ3v) is 1.66. The van der Waals surface area contributed by atoms with Crippen LogP contribution in [0.4, 0.5) is 0 Å². The van der Waals surface area contributed by atoms with Crippen LogP contribution < -0.4 is 5.73 Å². The molecule has 0 amide bonds. The van der Waals surface area contributed by atoms with Crippen LogP contribution in [0.15, 0.2) is 23.7 Å². The van der Waals surface area contributed by atoms with Crippen molar-refractivity contribution >= 4 is 8.19 Å². The maximum atomic E-state index is 5.21. The van der Waals surface area contributed by atoms with Crippen LogP contribution in [0.2, 0.25) is 0 Å². The van der Waals surface area contributed by atoms with Gasteiger partial charge in [-0.25, -0.2) is 0 Å². The lowest BCUT2D eigenvalue weighted by atomic mass is 10.3. The van der Waals surface area contributed by atoms with E-state index in [1.165, 1.54) is 8.19 Å². The van der Waals surface area contributed by atoms with Gasteiger partial charge in [-0.15, -0.1) is 0 Å². The molecule has 1 aromatic heterocycles. The molecule has 10 heavy (non-hydrogen) atoms. The molecule has 0 radical (unpaired) electrons. The Labute approximate surface area is 62.4 Å². The van der Waals surface area contributed by atoms with Crippen molar-refractivity contribution in [2.75, 3.05) is 6.54 Å². The highest BCUT2D eigenvalue weighted by molar-refractivity contribution is 7.28. The summed E-state index contributed by atoms with van der Waals surface area (Å²) in [6.07, 6.45) is 0. The van der Waals surface area contributed by atoms with Crippen LogP contribution in [0.5, 0.6) is 0 Å². The molecule has 0 atom stereocenters. The lowest BCUT2D eigenvalue weighted by Gasteiger charge is -1.83. The van der Waals surface area contributed by atoms with E-state index in [9.17, 15) is 0 Å². The SMILES string of the molecule is NCC#Cc1ccpcc1. The first-order chi connectivity index (χ1) is 4.93. The van der Waals surface area contributed by atoms with Gasteiger partial charge in [-0.3, -0.25) is 0 Å². The molecule has 1 nitrogen and oxygen atoms in total. The molecule has 0 fully saturated rings. The number of hydrogen-bond acceptors (Lipinski definition) is 1. The van der Waals surface area contributed by atoms with Crippen LogP contribution in [-0.2, 0) is 0 Å². The molecule has 1 rings (SSSR count). The van der Waals surface area contributed by atoms with Crippen molar-refractivity contribution in [1.29, 1.82) is 0 Å². The van der Waals surface area contributed by atoms with Crippen molar-refractivity contribution in [3.05, 3.63) is 29.3 Å². The van der Waals surface area contributed by atoms with E-state index in [-0.39, 0.29) is 0 Å². The van der Waals surface area contributed by atoms with Crippen LogP contribution >= 0.6 is 8.19 Å². The van der Waals surface area contributed by atoms with Crippen molar-refractivity contribution in [3.63, 3.8) is 0 Å². The average molecular weight is 149 g/mol. The fourth-order valence-electron chi connectivity index (χ4n) is 0.588. The number of nitrogens with two attached hydrogens (primary N) is 1. The summed E-state index contributed by atoms with van der Waals surface area (Å²) in [5.74, 6) is 9.85. The molecule has 0 unspecified atom stereocenters. The van der Waals surface area contributed by atoms with Crippen LogP contribution in [0, 0.1) is 11.8 Å². The molecule has 0 aliphatic rings. The first-order valence-corrected chi connectivity index (χ1v) is 4.06. The second-order valence-corrected chi connectivity index (χ2v) is 2.64. The number of hydrogen-bond donors (Lipinski definition) is 1. The normalized spacial score (nSPS) is 8.10. The van der Waals surface area contributed by atoms with Crippen molar-refractivity contribution < 1.29 is 0 Å². The van der Waals surface area contributed by atoms with E-state index < -0.39 is 0 Å². The lowest BCUT2D eigenvalue weighted by Crippen LogP contribution is -1.92. The van der Waals surface area contributed by atoms with Gasteiger partial charge in [-0.1, -0.05) is 20.0 Å². The van der Waals surface area contributed by atoms with Gasteiger partial charge < -0.3 is 5.73 Å². The molecule has 0 saturated carbocycles. The lowest BCUT2D eigenvalue weighted by molar-refractivity contribution is 1.30. The van der Waals surface area contributed by atoms with Crippen molar-refractivity contribution in [3.8, 4) is 11.8 Å². The Morgan fingerprint density at radius 1 is 1.40 bits per heavy atom. The zero-order valence-corrected chi connectivity index (χ0v) is 6.44. The van der Waals surface area contributed by atoms with Gasteiger partial charge >= 0.3 is 0 Å². The Hall–Kier alpha value is -0.830.